The van der Waals surface area contributed by atoms with Gasteiger partial charge in [-0.3, -0.25) is 23.7 Å². The van der Waals surface area contributed by atoms with Gasteiger partial charge in [-0.05, 0) is 37.0 Å². The summed E-state index contributed by atoms with van der Waals surface area (Å²) >= 11 is 0. The van der Waals surface area contributed by atoms with Gasteiger partial charge in [-0.1, -0.05) is 37.3 Å². The summed E-state index contributed by atoms with van der Waals surface area (Å²) in [4.78, 5) is 63.1. The van der Waals surface area contributed by atoms with E-state index in [1.54, 1.807) is 6.07 Å². The van der Waals surface area contributed by atoms with E-state index >= 15 is 0 Å². The third-order valence-electron chi connectivity index (χ3n) is 6.51. The van der Waals surface area contributed by atoms with Crippen molar-refractivity contribution in [3.8, 4) is 11.4 Å². The van der Waals surface area contributed by atoms with Crippen molar-refractivity contribution in [2.45, 2.75) is 51.2 Å². The Hall–Kier alpha value is -4.54. The van der Waals surface area contributed by atoms with Crippen molar-refractivity contribution >= 4 is 23.0 Å². The van der Waals surface area contributed by atoms with Gasteiger partial charge in [0.05, 0.1) is 7.11 Å². The Bertz CT molecular complexity index is 1600. The topological polar surface area (TPSA) is 141 Å². The highest BCUT2D eigenvalue weighted by Gasteiger charge is 2.30. The molecule has 0 aliphatic heterocycles. The van der Waals surface area contributed by atoms with Crippen LogP contribution < -0.4 is 16.6 Å². The van der Waals surface area contributed by atoms with Crippen molar-refractivity contribution in [3.63, 3.8) is 0 Å². The molecule has 1 atom stereocenters. The maximum atomic E-state index is 13.1. The van der Waals surface area contributed by atoms with Crippen LogP contribution >= 0.6 is 0 Å². The van der Waals surface area contributed by atoms with E-state index in [9.17, 15) is 19.2 Å². The average molecular weight is 517 g/mol. The molecule has 5 rings (SSSR count). The van der Waals surface area contributed by atoms with Crippen LogP contribution in [-0.4, -0.2) is 49.1 Å². The largest absolute Gasteiger partial charge is 0.467 e. The van der Waals surface area contributed by atoms with E-state index in [4.69, 9.17) is 4.74 Å². The molecule has 0 bridgehead atoms. The van der Waals surface area contributed by atoms with Crippen LogP contribution in [0.2, 0.25) is 0 Å². The highest BCUT2D eigenvalue weighted by atomic mass is 16.5. The monoisotopic (exact) mass is 516 g/mol. The Kier molecular flexibility index (Phi) is 6.91. The van der Waals surface area contributed by atoms with Crippen molar-refractivity contribution in [2.75, 3.05) is 7.11 Å². The number of hydrogen-bond donors (Lipinski definition) is 2. The Morgan fingerprint density at radius 2 is 1.92 bits per heavy atom. The molecule has 1 amide bonds. The molecular formula is C27H28N6O5. The quantitative estimate of drug-likeness (QED) is 0.325. The summed E-state index contributed by atoms with van der Waals surface area (Å²) < 4.78 is 7.71. The lowest BCUT2D eigenvalue weighted by Crippen LogP contribution is -2.43. The number of carbonyl (C=O) groups is 2. The van der Waals surface area contributed by atoms with Crippen LogP contribution in [-0.2, 0) is 22.5 Å². The second-order valence-corrected chi connectivity index (χ2v) is 9.30. The SMILES string of the molecule is CCCn1c(=O)n(C2CC2)c(=O)c2[nH]c(-c3ccc(C(=O)NC(Cc4ccccc4)C(=O)OC)nc3)nc21. The van der Waals surface area contributed by atoms with Crippen LogP contribution in [0.5, 0.6) is 0 Å². The molecule has 11 nitrogen and oxygen atoms in total. The van der Waals surface area contributed by atoms with Crippen molar-refractivity contribution < 1.29 is 14.3 Å². The number of pyridine rings is 1. The predicted octanol–water partition coefficient (Wildman–Crippen LogP) is 2.21. The smallest absolute Gasteiger partial charge is 0.333 e. The molecule has 38 heavy (non-hydrogen) atoms. The van der Waals surface area contributed by atoms with E-state index in [0.717, 1.165) is 18.4 Å². The molecule has 1 saturated carbocycles. The van der Waals surface area contributed by atoms with Crippen LogP contribution in [0.1, 0.15) is 48.3 Å². The fraction of sp³-hybridized carbons (Fsp3) is 0.333. The van der Waals surface area contributed by atoms with Gasteiger partial charge in [0.15, 0.2) is 5.65 Å². The van der Waals surface area contributed by atoms with E-state index in [1.165, 1.54) is 28.5 Å². The summed E-state index contributed by atoms with van der Waals surface area (Å²) in [5.41, 5.74) is 1.37. The number of rotatable bonds is 9. The number of fused-ring (bicyclic) bond motifs is 1. The number of H-pyrrole nitrogens is 1. The normalized spacial score (nSPS) is 13.8. The number of esters is 1. The van der Waals surface area contributed by atoms with Crippen molar-refractivity contribution in [1.82, 2.24) is 29.4 Å². The van der Waals surface area contributed by atoms with Gasteiger partial charge in [0.1, 0.15) is 23.1 Å². The van der Waals surface area contributed by atoms with E-state index in [2.05, 4.69) is 20.3 Å². The van der Waals surface area contributed by atoms with E-state index in [1.807, 2.05) is 37.3 Å². The number of nitrogens with one attached hydrogen (secondary N) is 2. The predicted molar refractivity (Wildman–Crippen MR) is 140 cm³/mol. The molecule has 196 valence electrons. The van der Waals surface area contributed by atoms with Gasteiger partial charge >= 0.3 is 11.7 Å². The Morgan fingerprint density at radius 3 is 2.55 bits per heavy atom. The number of ether oxygens (including phenoxy) is 1. The average Bonchev–Trinajstić information content (AvgIpc) is 3.67. The standard InChI is InChI=1S/C27H28N6O5/c1-3-13-32-23-21(25(35)33(27(32)37)18-10-11-18)30-22(31-23)17-9-12-19(28-15-17)24(34)29-20(26(36)38-2)14-16-7-5-4-6-8-16/h4-9,12,15,18,20H,3,10-11,13-14H2,1-2H3,(H,29,34)(H,30,31). The van der Waals surface area contributed by atoms with Crippen LogP contribution in [0.15, 0.2) is 58.3 Å². The lowest BCUT2D eigenvalue weighted by atomic mass is 10.1. The van der Waals surface area contributed by atoms with Crippen molar-refractivity contribution in [3.05, 3.63) is 80.8 Å². The second kappa shape index (κ2) is 10.4. The number of aromatic amines is 1. The first-order chi connectivity index (χ1) is 18.4. The zero-order valence-electron chi connectivity index (χ0n) is 21.1. The summed E-state index contributed by atoms with van der Waals surface area (Å²) in [5.74, 6) is -0.724. The number of carbonyl (C=O) groups excluding carboxylic acids is 2. The Labute approximate surface area is 217 Å². The molecule has 11 heteroatoms. The molecule has 2 N–H and O–H groups in total. The van der Waals surface area contributed by atoms with Crippen LogP contribution in [0.3, 0.4) is 0 Å². The molecule has 4 aromatic rings. The number of nitrogens with zero attached hydrogens (tertiary/aromatic N) is 4. The maximum absolute atomic E-state index is 13.1. The third kappa shape index (κ3) is 4.86. The number of hydrogen-bond acceptors (Lipinski definition) is 7. The third-order valence-corrected chi connectivity index (χ3v) is 6.51. The van der Waals surface area contributed by atoms with Gasteiger partial charge in [-0.25, -0.2) is 14.6 Å². The summed E-state index contributed by atoms with van der Waals surface area (Å²) in [5, 5.41) is 2.69. The van der Waals surface area contributed by atoms with Gasteiger partial charge in [0, 0.05) is 30.8 Å². The minimum absolute atomic E-state index is 0.0653. The Morgan fingerprint density at radius 1 is 1.16 bits per heavy atom. The molecule has 0 spiro atoms. The van der Waals surface area contributed by atoms with Gasteiger partial charge in [-0.15, -0.1) is 0 Å². The number of benzene rings is 1. The molecule has 0 saturated heterocycles. The van der Waals surface area contributed by atoms with Gasteiger partial charge in [-0.2, -0.15) is 0 Å². The molecule has 1 aromatic carbocycles. The highest BCUT2D eigenvalue weighted by molar-refractivity contribution is 5.95. The minimum Gasteiger partial charge on any atom is -0.467 e. The number of aryl methyl sites for hydroxylation is 1. The Balaban J connectivity index is 1.41. The van der Waals surface area contributed by atoms with Crippen molar-refractivity contribution in [1.29, 1.82) is 0 Å². The van der Waals surface area contributed by atoms with Crippen molar-refractivity contribution in [2.24, 2.45) is 0 Å². The zero-order valence-corrected chi connectivity index (χ0v) is 21.1. The first-order valence-corrected chi connectivity index (χ1v) is 12.5. The molecule has 1 fully saturated rings. The van der Waals surface area contributed by atoms with Crippen LogP contribution in [0, 0.1) is 0 Å². The van der Waals surface area contributed by atoms with E-state index in [0.29, 0.717) is 30.0 Å². The lowest BCUT2D eigenvalue weighted by molar-refractivity contribution is -0.142. The highest BCUT2D eigenvalue weighted by Crippen LogP contribution is 2.32. The molecular weight excluding hydrogens is 488 g/mol. The fourth-order valence-electron chi connectivity index (χ4n) is 4.44. The maximum Gasteiger partial charge on any atom is 0.333 e. The first kappa shape index (κ1) is 25.1. The minimum atomic E-state index is -0.879. The molecule has 3 heterocycles. The van der Waals surface area contributed by atoms with Crippen LogP contribution in [0.4, 0.5) is 0 Å². The van der Waals surface area contributed by atoms with E-state index in [-0.39, 0.29) is 34.9 Å². The summed E-state index contributed by atoms with van der Waals surface area (Å²) in [7, 11) is 1.27. The van der Waals surface area contributed by atoms with Gasteiger partial charge in [0.25, 0.3) is 11.5 Å². The second-order valence-electron chi connectivity index (χ2n) is 9.30. The summed E-state index contributed by atoms with van der Waals surface area (Å²) in [6, 6.07) is 11.5. The zero-order chi connectivity index (χ0) is 26.8. The number of imidazole rings is 1. The molecule has 1 aliphatic rings. The molecule has 1 aliphatic carbocycles. The molecule has 3 aromatic heterocycles. The van der Waals surface area contributed by atoms with Gasteiger partial charge in [0.2, 0.25) is 0 Å². The number of amides is 1. The number of aromatic nitrogens is 5. The van der Waals surface area contributed by atoms with Gasteiger partial charge < -0.3 is 15.0 Å². The molecule has 1 unspecified atom stereocenters. The number of methoxy groups -OCH3 is 1. The first-order valence-electron chi connectivity index (χ1n) is 12.5. The fourth-order valence-corrected chi connectivity index (χ4v) is 4.44. The summed E-state index contributed by atoms with van der Waals surface area (Å²) in [6.45, 7) is 2.39. The lowest BCUT2D eigenvalue weighted by Gasteiger charge is -2.16. The van der Waals surface area contributed by atoms with Crippen LogP contribution in [0.25, 0.3) is 22.6 Å². The summed E-state index contributed by atoms with van der Waals surface area (Å²) in [6.07, 6.45) is 4.06. The van der Waals surface area contributed by atoms with E-state index < -0.39 is 17.9 Å². The molecule has 0 radical (unpaired) electrons.